The molecular formula is C22H26F2O4. The molecule has 0 spiro atoms. The molecule has 0 heterocycles. The molecule has 0 aliphatic heterocycles. The van der Waals surface area contributed by atoms with Crippen LogP contribution in [0.2, 0.25) is 0 Å². The van der Waals surface area contributed by atoms with Gasteiger partial charge in [0.25, 0.3) is 0 Å². The quantitative estimate of drug-likeness (QED) is 0.709. The molecule has 0 bridgehead atoms. The van der Waals surface area contributed by atoms with E-state index in [1.165, 1.54) is 12.2 Å². The molecule has 0 amide bonds. The third kappa shape index (κ3) is 2.16. The molecule has 6 heteroatoms. The van der Waals surface area contributed by atoms with Gasteiger partial charge in [0.2, 0.25) is 0 Å². The third-order valence-electron chi connectivity index (χ3n) is 8.20. The van der Waals surface area contributed by atoms with Crippen LogP contribution in [-0.4, -0.2) is 46.3 Å². The summed E-state index contributed by atoms with van der Waals surface area (Å²) in [5.41, 5.74) is -3.36. The number of allylic oxidation sites excluding steroid dienone is 4. The average molecular weight is 392 g/mol. The second kappa shape index (κ2) is 5.92. The van der Waals surface area contributed by atoms with Crippen LogP contribution in [0.5, 0.6) is 0 Å². The first-order valence-corrected chi connectivity index (χ1v) is 9.78. The Morgan fingerprint density at radius 3 is 2.71 bits per heavy atom. The van der Waals surface area contributed by atoms with Gasteiger partial charge in [-0.2, -0.15) is 0 Å². The molecule has 4 aliphatic carbocycles. The summed E-state index contributed by atoms with van der Waals surface area (Å²) in [5, 5.41) is 22.4. The molecule has 4 rings (SSSR count). The normalized spacial score (nSPS) is 49.9. The Hall–Kier alpha value is -1.66. The number of carbonyl (C=O) groups is 2. The van der Waals surface area contributed by atoms with E-state index in [2.05, 4.69) is 6.58 Å². The fourth-order valence-corrected chi connectivity index (χ4v) is 6.90. The summed E-state index contributed by atoms with van der Waals surface area (Å²) in [4.78, 5) is 24.2. The molecule has 3 saturated carbocycles. The van der Waals surface area contributed by atoms with E-state index < -0.39 is 41.2 Å². The predicted molar refractivity (Wildman–Crippen MR) is 98.7 cm³/mol. The van der Waals surface area contributed by atoms with E-state index in [1.54, 1.807) is 13.0 Å². The van der Waals surface area contributed by atoms with E-state index in [0.29, 0.717) is 5.57 Å². The largest absolute Gasteiger partial charge is 0.393 e. The minimum Gasteiger partial charge on any atom is -0.393 e. The van der Waals surface area contributed by atoms with Crippen molar-refractivity contribution in [2.75, 3.05) is 6.67 Å². The van der Waals surface area contributed by atoms with Crippen molar-refractivity contribution in [1.82, 2.24) is 0 Å². The zero-order chi connectivity index (χ0) is 20.6. The lowest BCUT2D eigenvalue weighted by molar-refractivity contribution is -0.174. The van der Waals surface area contributed by atoms with Gasteiger partial charge in [-0.3, -0.25) is 9.59 Å². The minimum atomic E-state index is -2.06. The first-order valence-electron chi connectivity index (χ1n) is 9.78. The number of hydrogen-bond acceptors (Lipinski definition) is 4. The van der Waals surface area contributed by atoms with Crippen molar-refractivity contribution in [3.8, 4) is 0 Å². The average Bonchev–Trinajstić information content (AvgIpc) is 2.83. The van der Waals surface area contributed by atoms with Gasteiger partial charge in [-0.05, 0) is 54.4 Å². The SMILES string of the molecule is C=C1C[C@H]2[C@@H]3CC(F)C4=CC(=O)C=C[C@]4(C)[C@H]3C(O)C[C@]2(C)[C@@]1(O)C(=O)CF. The maximum Gasteiger partial charge on any atom is 0.199 e. The van der Waals surface area contributed by atoms with Crippen LogP contribution in [0.4, 0.5) is 8.78 Å². The molecule has 0 aromatic heterocycles. The molecule has 8 atom stereocenters. The Kier molecular flexibility index (Phi) is 4.16. The highest BCUT2D eigenvalue weighted by Crippen LogP contribution is 2.68. The zero-order valence-electron chi connectivity index (χ0n) is 16.1. The second-order valence-electron chi connectivity index (χ2n) is 9.38. The number of aliphatic hydroxyl groups excluding tert-OH is 1. The zero-order valence-corrected chi connectivity index (χ0v) is 16.1. The van der Waals surface area contributed by atoms with Crippen LogP contribution in [0, 0.1) is 28.6 Å². The van der Waals surface area contributed by atoms with Crippen molar-refractivity contribution in [2.45, 2.75) is 51.0 Å². The molecule has 4 nitrogen and oxygen atoms in total. The molecule has 2 unspecified atom stereocenters. The van der Waals surface area contributed by atoms with Crippen LogP contribution >= 0.6 is 0 Å². The van der Waals surface area contributed by atoms with Crippen LogP contribution in [0.3, 0.4) is 0 Å². The summed E-state index contributed by atoms with van der Waals surface area (Å²) in [5.74, 6) is -2.21. The van der Waals surface area contributed by atoms with Gasteiger partial charge in [0.1, 0.15) is 6.17 Å². The molecule has 0 radical (unpaired) electrons. The smallest absolute Gasteiger partial charge is 0.199 e. The lowest BCUT2D eigenvalue weighted by Gasteiger charge is -2.59. The van der Waals surface area contributed by atoms with Gasteiger partial charge in [0.05, 0.1) is 6.10 Å². The van der Waals surface area contributed by atoms with Gasteiger partial charge in [0, 0.05) is 16.7 Å². The molecule has 3 fully saturated rings. The van der Waals surface area contributed by atoms with Gasteiger partial charge >= 0.3 is 0 Å². The maximum absolute atomic E-state index is 15.2. The Bertz CT molecular complexity index is 832. The van der Waals surface area contributed by atoms with Crippen molar-refractivity contribution < 1.29 is 28.6 Å². The van der Waals surface area contributed by atoms with E-state index in [-0.39, 0.29) is 48.4 Å². The Morgan fingerprint density at radius 2 is 2.07 bits per heavy atom. The Labute approximate surface area is 163 Å². The lowest BCUT2D eigenvalue weighted by Crippen LogP contribution is -2.62. The summed E-state index contributed by atoms with van der Waals surface area (Å²) in [7, 11) is 0. The summed E-state index contributed by atoms with van der Waals surface area (Å²) >= 11 is 0. The maximum atomic E-state index is 15.2. The van der Waals surface area contributed by atoms with Crippen molar-refractivity contribution >= 4 is 11.6 Å². The Balaban J connectivity index is 1.82. The molecule has 4 aliphatic rings. The summed E-state index contributed by atoms with van der Waals surface area (Å²) in [6, 6.07) is 0. The second-order valence-corrected chi connectivity index (χ2v) is 9.38. The molecule has 152 valence electrons. The highest BCUT2D eigenvalue weighted by Gasteiger charge is 2.70. The van der Waals surface area contributed by atoms with E-state index in [9.17, 15) is 24.2 Å². The Morgan fingerprint density at radius 1 is 1.39 bits per heavy atom. The molecule has 0 aromatic rings. The number of Topliss-reactive ketones (excluding diaryl/α,β-unsaturated/α-hetero) is 1. The van der Waals surface area contributed by atoms with E-state index in [4.69, 9.17) is 0 Å². The monoisotopic (exact) mass is 392 g/mol. The number of fused-ring (bicyclic) bond motifs is 5. The predicted octanol–water partition coefficient (Wildman–Crippen LogP) is 2.65. The number of alkyl halides is 2. The van der Waals surface area contributed by atoms with Gasteiger partial charge in [0.15, 0.2) is 23.8 Å². The lowest BCUT2D eigenvalue weighted by atomic mass is 9.46. The number of rotatable bonds is 2. The van der Waals surface area contributed by atoms with E-state index in [1.807, 2.05) is 6.92 Å². The fourth-order valence-electron chi connectivity index (χ4n) is 6.90. The van der Waals surface area contributed by atoms with Crippen molar-refractivity contribution in [3.63, 3.8) is 0 Å². The van der Waals surface area contributed by atoms with Crippen molar-refractivity contribution in [2.24, 2.45) is 28.6 Å². The highest BCUT2D eigenvalue weighted by molar-refractivity contribution is 6.01. The van der Waals surface area contributed by atoms with Crippen LogP contribution in [-0.2, 0) is 9.59 Å². The summed E-state index contributed by atoms with van der Waals surface area (Å²) in [6.07, 6.45) is 2.61. The molecule has 2 N–H and O–H groups in total. The highest BCUT2D eigenvalue weighted by atomic mass is 19.1. The van der Waals surface area contributed by atoms with Crippen LogP contribution in [0.15, 0.2) is 36.0 Å². The first kappa shape index (κ1) is 19.6. The van der Waals surface area contributed by atoms with Gasteiger partial charge in [-0.25, -0.2) is 8.78 Å². The number of hydrogen-bond donors (Lipinski definition) is 2. The van der Waals surface area contributed by atoms with Crippen LogP contribution in [0.1, 0.15) is 33.1 Å². The topological polar surface area (TPSA) is 74.6 Å². The van der Waals surface area contributed by atoms with Gasteiger partial charge in [-0.1, -0.05) is 26.5 Å². The standard InChI is InChI=1S/C22H26F2O4/c1-11-6-14-13-8-16(24)15-7-12(25)4-5-20(15,2)19(13)17(26)9-21(14,3)22(11,28)18(27)10-23/h4-5,7,13-14,16-17,19,26,28H,1,6,8-10H2,2-3H3/t13-,14-,16?,17?,19+,20-,21-,22-/m0/s1. The fraction of sp³-hybridized carbons (Fsp3) is 0.636. The van der Waals surface area contributed by atoms with E-state index >= 15 is 4.39 Å². The van der Waals surface area contributed by atoms with Crippen molar-refractivity contribution in [1.29, 1.82) is 0 Å². The molecule has 0 aromatic carbocycles. The van der Waals surface area contributed by atoms with Crippen LogP contribution < -0.4 is 0 Å². The van der Waals surface area contributed by atoms with Crippen LogP contribution in [0.25, 0.3) is 0 Å². The number of carbonyl (C=O) groups excluding carboxylic acids is 2. The summed E-state index contributed by atoms with van der Waals surface area (Å²) in [6.45, 7) is 6.05. The summed E-state index contributed by atoms with van der Waals surface area (Å²) < 4.78 is 28.5. The number of aliphatic hydroxyl groups is 2. The molecule has 0 saturated heterocycles. The van der Waals surface area contributed by atoms with Gasteiger partial charge < -0.3 is 10.2 Å². The first-order chi connectivity index (χ1) is 13.0. The molecular weight excluding hydrogens is 366 g/mol. The van der Waals surface area contributed by atoms with E-state index in [0.717, 1.165) is 0 Å². The number of ketones is 2. The van der Waals surface area contributed by atoms with Crippen molar-refractivity contribution in [3.05, 3.63) is 36.0 Å². The molecule has 28 heavy (non-hydrogen) atoms. The minimum absolute atomic E-state index is 0.0850. The number of halogens is 2. The third-order valence-corrected chi connectivity index (χ3v) is 8.20. The van der Waals surface area contributed by atoms with Gasteiger partial charge in [-0.15, -0.1) is 0 Å².